The molecular formula is C21H22N4O2. The number of nitrogens with zero attached hydrogens (tertiary/aromatic N) is 2. The highest BCUT2D eigenvalue weighted by Crippen LogP contribution is 2.08. The number of hydrogen-bond acceptors (Lipinski definition) is 3. The van der Waals surface area contributed by atoms with E-state index >= 15 is 0 Å². The van der Waals surface area contributed by atoms with Crippen molar-refractivity contribution in [1.29, 1.82) is 0 Å². The zero-order valence-electron chi connectivity index (χ0n) is 15.0. The van der Waals surface area contributed by atoms with Crippen molar-refractivity contribution < 1.29 is 9.59 Å². The minimum Gasteiger partial charge on any atom is -0.354 e. The first-order valence-electron chi connectivity index (χ1n) is 8.87. The number of hydrogen-bond donors (Lipinski definition) is 2. The third kappa shape index (κ3) is 5.81. The van der Waals surface area contributed by atoms with Crippen LogP contribution in [0.3, 0.4) is 0 Å². The number of nitrogens with one attached hydrogen (secondary N) is 2. The molecule has 6 nitrogen and oxygen atoms in total. The molecule has 0 aliphatic carbocycles. The summed E-state index contributed by atoms with van der Waals surface area (Å²) in [6.45, 7) is 0.798. The van der Waals surface area contributed by atoms with E-state index in [-0.39, 0.29) is 18.2 Å². The molecule has 6 heteroatoms. The topological polar surface area (TPSA) is 76.0 Å². The van der Waals surface area contributed by atoms with Crippen LogP contribution >= 0.6 is 0 Å². The van der Waals surface area contributed by atoms with E-state index in [1.807, 2.05) is 66.9 Å². The van der Waals surface area contributed by atoms with Crippen molar-refractivity contribution >= 4 is 11.8 Å². The Morgan fingerprint density at radius 2 is 1.33 bits per heavy atom. The standard InChI is InChI=1S/C21H22N4O2/c26-20(13-17-7-3-1-4-8-17)22-11-12-23-21(27)14-18-15-24-25(16-18)19-9-5-2-6-10-19/h1-10,15-16H,11-14H2,(H,22,26)(H,23,27). The van der Waals surface area contributed by atoms with E-state index in [2.05, 4.69) is 15.7 Å². The van der Waals surface area contributed by atoms with E-state index in [1.54, 1.807) is 10.9 Å². The SMILES string of the molecule is O=C(Cc1ccccc1)NCCNC(=O)Cc1cnn(-c2ccccc2)c1. The summed E-state index contributed by atoms with van der Waals surface area (Å²) in [6.07, 6.45) is 4.13. The first-order chi connectivity index (χ1) is 13.2. The lowest BCUT2D eigenvalue weighted by molar-refractivity contribution is -0.122. The maximum atomic E-state index is 12.0. The molecular weight excluding hydrogens is 340 g/mol. The molecule has 0 atom stereocenters. The van der Waals surface area contributed by atoms with Gasteiger partial charge in [-0.2, -0.15) is 5.10 Å². The summed E-state index contributed by atoms with van der Waals surface area (Å²) >= 11 is 0. The number of benzene rings is 2. The molecule has 0 aliphatic heterocycles. The first-order valence-corrected chi connectivity index (χ1v) is 8.87. The molecule has 0 bridgehead atoms. The smallest absolute Gasteiger partial charge is 0.224 e. The van der Waals surface area contributed by atoms with Crippen LogP contribution in [0, 0.1) is 0 Å². The molecule has 3 aromatic rings. The molecule has 27 heavy (non-hydrogen) atoms. The molecule has 0 unspecified atom stereocenters. The zero-order chi connectivity index (χ0) is 18.9. The van der Waals surface area contributed by atoms with Gasteiger partial charge < -0.3 is 10.6 Å². The summed E-state index contributed by atoms with van der Waals surface area (Å²) in [5.74, 6) is -0.153. The number of para-hydroxylation sites is 1. The Morgan fingerprint density at radius 3 is 1.96 bits per heavy atom. The Kier molecular flexibility index (Phi) is 6.35. The van der Waals surface area contributed by atoms with Crippen LogP contribution in [0.15, 0.2) is 73.1 Å². The molecule has 2 aromatic carbocycles. The van der Waals surface area contributed by atoms with Crippen LogP contribution in [0.1, 0.15) is 11.1 Å². The molecule has 138 valence electrons. The summed E-state index contributed by atoms with van der Waals surface area (Å²) in [6, 6.07) is 19.3. The van der Waals surface area contributed by atoms with Crippen LogP contribution in [0.2, 0.25) is 0 Å². The number of rotatable bonds is 8. The van der Waals surface area contributed by atoms with Crippen molar-refractivity contribution in [2.45, 2.75) is 12.8 Å². The van der Waals surface area contributed by atoms with E-state index in [9.17, 15) is 9.59 Å². The Hall–Kier alpha value is -3.41. The molecule has 3 rings (SSSR count). The number of carbonyl (C=O) groups excluding carboxylic acids is 2. The van der Waals surface area contributed by atoms with Gasteiger partial charge in [0.1, 0.15) is 0 Å². The van der Waals surface area contributed by atoms with Gasteiger partial charge in [-0.1, -0.05) is 48.5 Å². The fraction of sp³-hybridized carbons (Fsp3) is 0.190. The van der Waals surface area contributed by atoms with Gasteiger partial charge in [0.25, 0.3) is 0 Å². The Morgan fingerprint density at radius 1 is 0.778 bits per heavy atom. The second-order valence-corrected chi connectivity index (χ2v) is 6.17. The molecule has 0 fully saturated rings. The van der Waals surface area contributed by atoms with Crippen LogP contribution in [0.25, 0.3) is 5.69 Å². The molecule has 0 saturated carbocycles. The largest absolute Gasteiger partial charge is 0.354 e. The van der Waals surface area contributed by atoms with Gasteiger partial charge in [-0.05, 0) is 23.3 Å². The minimum absolute atomic E-state index is 0.0559. The van der Waals surface area contributed by atoms with Crippen LogP contribution in [0.4, 0.5) is 0 Å². The van der Waals surface area contributed by atoms with Crippen LogP contribution in [0.5, 0.6) is 0 Å². The highest BCUT2D eigenvalue weighted by Gasteiger charge is 2.07. The van der Waals surface area contributed by atoms with Gasteiger partial charge in [0.05, 0.1) is 24.7 Å². The normalized spacial score (nSPS) is 10.4. The van der Waals surface area contributed by atoms with Gasteiger partial charge in [0.15, 0.2) is 0 Å². The highest BCUT2D eigenvalue weighted by molar-refractivity contribution is 5.79. The summed E-state index contributed by atoms with van der Waals surface area (Å²) in [5.41, 5.74) is 2.75. The molecule has 1 aromatic heterocycles. The van der Waals surface area contributed by atoms with Gasteiger partial charge >= 0.3 is 0 Å². The fourth-order valence-corrected chi connectivity index (χ4v) is 2.67. The third-order valence-corrected chi connectivity index (χ3v) is 4.00. The second kappa shape index (κ2) is 9.33. The molecule has 2 N–H and O–H groups in total. The summed E-state index contributed by atoms with van der Waals surface area (Å²) in [7, 11) is 0. The molecule has 1 heterocycles. The van der Waals surface area contributed by atoms with Crippen molar-refractivity contribution in [3.63, 3.8) is 0 Å². The molecule has 0 saturated heterocycles. The molecule has 0 aliphatic rings. The van der Waals surface area contributed by atoms with E-state index in [4.69, 9.17) is 0 Å². The number of carbonyl (C=O) groups is 2. The monoisotopic (exact) mass is 362 g/mol. The van der Waals surface area contributed by atoms with E-state index in [0.29, 0.717) is 19.5 Å². The van der Waals surface area contributed by atoms with Gasteiger partial charge in [-0.25, -0.2) is 4.68 Å². The van der Waals surface area contributed by atoms with Crippen molar-refractivity contribution in [3.8, 4) is 5.69 Å². The highest BCUT2D eigenvalue weighted by atomic mass is 16.2. The van der Waals surface area contributed by atoms with E-state index in [1.165, 1.54) is 0 Å². The van der Waals surface area contributed by atoms with Gasteiger partial charge in [0.2, 0.25) is 11.8 Å². The molecule has 2 amide bonds. The fourth-order valence-electron chi connectivity index (χ4n) is 2.67. The Labute approximate surface area is 158 Å². The maximum Gasteiger partial charge on any atom is 0.224 e. The van der Waals surface area contributed by atoms with E-state index in [0.717, 1.165) is 16.8 Å². The summed E-state index contributed by atoms with van der Waals surface area (Å²) in [5, 5.41) is 9.89. The van der Waals surface area contributed by atoms with Crippen molar-refractivity contribution in [1.82, 2.24) is 20.4 Å². The van der Waals surface area contributed by atoms with Crippen LogP contribution in [-0.4, -0.2) is 34.7 Å². The van der Waals surface area contributed by atoms with Crippen molar-refractivity contribution in [3.05, 3.63) is 84.2 Å². The lowest BCUT2D eigenvalue weighted by atomic mass is 10.1. The van der Waals surface area contributed by atoms with Crippen molar-refractivity contribution in [2.24, 2.45) is 0 Å². The van der Waals surface area contributed by atoms with Gasteiger partial charge in [0, 0.05) is 19.3 Å². The number of amides is 2. The predicted octanol–water partition coefficient (Wildman–Crippen LogP) is 1.89. The van der Waals surface area contributed by atoms with Crippen LogP contribution < -0.4 is 10.6 Å². The van der Waals surface area contributed by atoms with Crippen molar-refractivity contribution in [2.75, 3.05) is 13.1 Å². The average molecular weight is 362 g/mol. The Bertz CT molecular complexity index is 875. The lowest BCUT2D eigenvalue weighted by Crippen LogP contribution is -2.35. The quantitative estimate of drug-likeness (QED) is 0.601. The predicted molar refractivity (Wildman–Crippen MR) is 103 cm³/mol. The van der Waals surface area contributed by atoms with E-state index < -0.39 is 0 Å². The lowest BCUT2D eigenvalue weighted by Gasteiger charge is -2.07. The van der Waals surface area contributed by atoms with Gasteiger partial charge in [-0.3, -0.25) is 9.59 Å². The zero-order valence-corrected chi connectivity index (χ0v) is 15.0. The Balaban J connectivity index is 1.36. The maximum absolute atomic E-state index is 12.0. The molecule has 0 spiro atoms. The number of aromatic nitrogens is 2. The summed E-state index contributed by atoms with van der Waals surface area (Å²) < 4.78 is 1.74. The molecule has 0 radical (unpaired) electrons. The second-order valence-electron chi connectivity index (χ2n) is 6.17. The first kappa shape index (κ1) is 18.4. The van der Waals surface area contributed by atoms with Crippen LogP contribution in [-0.2, 0) is 22.4 Å². The average Bonchev–Trinajstić information content (AvgIpc) is 3.15. The third-order valence-electron chi connectivity index (χ3n) is 4.00. The van der Waals surface area contributed by atoms with Gasteiger partial charge in [-0.15, -0.1) is 0 Å². The minimum atomic E-state index is -0.0973. The summed E-state index contributed by atoms with van der Waals surface area (Å²) in [4.78, 5) is 23.9.